The number of aryl methyl sites for hydroxylation is 1. The van der Waals surface area contributed by atoms with Crippen molar-refractivity contribution >= 4 is 0 Å². The molecule has 0 atom stereocenters. The molecule has 0 aliphatic heterocycles. The van der Waals surface area contributed by atoms with E-state index in [1.807, 2.05) is 30.3 Å². The monoisotopic (exact) mass is 328 g/mol. The van der Waals surface area contributed by atoms with Crippen molar-refractivity contribution in [1.29, 1.82) is 0 Å². The summed E-state index contributed by atoms with van der Waals surface area (Å²) in [6.07, 6.45) is -1.62. The van der Waals surface area contributed by atoms with E-state index in [1.165, 1.54) is 12.1 Å². The van der Waals surface area contributed by atoms with Crippen LogP contribution in [0.25, 0.3) is 16.9 Å². The number of rotatable bonds is 2. The van der Waals surface area contributed by atoms with Crippen LogP contribution < -0.4 is 0 Å². The molecule has 1 aliphatic carbocycles. The molecule has 0 spiro atoms. The third-order valence-corrected chi connectivity index (χ3v) is 4.37. The van der Waals surface area contributed by atoms with Crippen LogP contribution in [-0.4, -0.2) is 9.78 Å². The number of fused-ring (bicyclic) bond motifs is 1. The number of halogens is 3. The molecular formula is C19H15F3N2. The molecule has 0 saturated heterocycles. The Labute approximate surface area is 137 Å². The van der Waals surface area contributed by atoms with Gasteiger partial charge < -0.3 is 0 Å². The molecule has 2 nitrogen and oxygen atoms in total. The van der Waals surface area contributed by atoms with E-state index >= 15 is 0 Å². The van der Waals surface area contributed by atoms with Crippen LogP contribution in [-0.2, 0) is 19.0 Å². The molecule has 0 fully saturated rings. The molecule has 0 amide bonds. The zero-order chi connectivity index (χ0) is 16.7. The zero-order valence-electron chi connectivity index (χ0n) is 12.8. The topological polar surface area (TPSA) is 17.8 Å². The third-order valence-electron chi connectivity index (χ3n) is 4.37. The molecule has 5 heteroatoms. The predicted molar refractivity (Wildman–Crippen MR) is 86.0 cm³/mol. The number of hydrogen-bond donors (Lipinski definition) is 0. The van der Waals surface area contributed by atoms with E-state index in [0.717, 1.165) is 48.0 Å². The van der Waals surface area contributed by atoms with Gasteiger partial charge in [-0.3, -0.25) is 0 Å². The Morgan fingerprint density at radius 2 is 1.71 bits per heavy atom. The highest BCUT2D eigenvalue weighted by molar-refractivity contribution is 5.68. The Hall–Kier alpha value is -2.56. The lowest BCUT2D eigenvalue weighted by Crippen LogP contribution is -2.06. The second kappa shape index (κ2) is 5.51. The van der Waals surface area contributed by atoms with Crippen LogP contribution in [0, 0.1) is 0 Å². The number of aromatic nitrogens is 2. The van der Waals surface area contributed by atoms with E-state index in [4.69, 9.17) is 0 Å². The van der Waals surface area contributed by atoms with Gasteiger partial charge in [0.2, 0.25) is 0 Å². The van der Waals surface area contributed by atoms with Crippen LogP contribution in [0.15, 0.2) is 54.6 Å². The maximum atomic E-state index is 13.1. The van der Waals surface area contributed by atoms with Crippen molar-refractivity contribution in [2.24, 2.45) is 0 Å². The van der Waals surface area contributed by atoms with Gasteiger partial charge in [-0.2, -0.15) is 18.3 Å². The van der Waals surface area contributed by atoms with Gasteiger partial charge in [-0.25, -0.2) is 4.68 Å². The number of benzene rings is 2. The van der Waals surface area contributed by atoms with Crippen LogP contribution >= 0.6 is 0 Å². The fourth-order valence-corrected chi connectivity index (χ4v) is 3.29. The van der Waals surface area contributed by atoms with Crippen molar-refractivity contribution < 1.29 is 13.2 Å². The smallest absolute Gasteiger partial charge is 0.233 e. The molecule has 24 heavy (non-hydrogen) atoms. The van der Waals surface area contributed by atoms with Crippen LogP contribution in [0.5, 0.6) is 0 Å². The Bertz CT molecular complexity index is 879. The van der Waals surface area contributed by atoms with Crippen LogP contribution in [0.2, 0.25) is 0 Å². The van der Waals surface area contributed by atoms with Gasteiger partial charge in [0.1, 0.15) is 0 Å². The molecule has 1 heterocycles. The van der Waals surface area contributed by atoms with E-state index in [0.29, 0.717) is 5.56 Å². The summed E-state index contributed by atoms with van der Waals surface area (Å²) in [6.45, 7) is 0. The Balaban J connectivity index is 1.92. The first-order valence-electron chi connectivity index (χ1n) is 7.88. The molecule has 0 N–H and O–H groups in total. The van der Waals surface area contributed by atoms with E-state index in [1.54, 1.807) is 10.7 Å². The quantitative estimate of drug-likeness (QED) is 0.644. The van der Waals surface area contributed by atoms with Gasteiger partial charge in [-0.05, 0) is 43.5 Å². The summed E-state index contributed by atoms with van der Waals surface area (Å²) < 4.78 is 41.0. The summed E-state index contributed by atoms with van der Waals surface area (Å²) >= 11 is 0. The molecule has 3 aromatic rings. The predicted octanol–water partition coefficient (Wildman–Crippen LogP) is 5.05. The largest absolute Gasteiger partial charge is 0.416 e. The molecule has 0 saturated carbocycles. The summed E-state index contributed by atoms with van der Waals surface area (Å²) in [7, 11) is 0. The molecule has 0 unspecified atom stereocenters. The molecule has 4 rings (SSSR count). The van der Waals surface area contributed by atoms with Crippen molar-refractivity contribution in [3.63, 3.8) is 0 Å². The summed E-state index contributed by atoms with van der Waals surface area (Å²) in [5, 5.41) is 4.66. The lowest BCUT2D eigenvalue weighted by atomic mass is 10.0. The number of para-hydroxylation sites is 1. The first kappa shape index (κ1) is 15.0. The second-order valence-corrected chi connectivity index (χ2v) is 5.95. The maximum absolute atomic E-state index is 13.1. The fourth-order valence-electron chi connectivity index (χ4n) is 3.29. The first-order chi connectivity index (χ1) is 11.5. The average Bonchev–Trinajstić information content (AvgIpc) is 3.15. The van der Waals surface area contributed by atoms with Crippen molar-refractivity contribution in [1.82, 2.24) is 9.78 Å². The fraction of sp³-hybridized carbons (Fsp3) is 0.211. The Morgan fingerprint density at radius 1 is 0.917 bits per heavy atom. The van der Waals surface area contributed by atoms with Crippen molar-refractivity contribution in [2.75, 3.05) is 0 Å². The van der Waals surface area contributed by atoms with Crippen molar-refractivity contribution in [2.45, 2.75) is 25.4 Å². The van der Waals surface area contributed by atoms with Crippen LogP contribution in [0.3, 0.4) is 0 Å². The molecule has 122 valence electrons. The minimum atomic E-state index is -4.35. The Morgan fingerprint density at radius 3 is 2.46 bits per heavy atom. The second-order valence-electron chi connectivity index (χ2n) is 5.95. The van der Waals surface area contributed by atoms with E-state index in [-0.39, 0.29) is 0 Å². The molecule has 0 radical (unpaired) electrons. The molecule has 2 aromatic carbocycles. The average molecular weight is 328 g/mol. The normalized spacial score (nSPS) is 14.0. The minimum absolute atomic E-state index is 0.560. The van der Waals surface area contributed by atoms with Gasteiger partial charge in [-0.15, -0.1) is 0 Å². The third kappa shape index (κ3) is 2.50. The van der Waals surface area contributed by atoms with Crippen LogP contribution in [0.4, 0.5) is 13.2 Å². The van der Waals surface area contributed by atoms with Gasteiger partial charge in [0.15, 0.2) is 0 Å². The lowest BCUT2D eigenvalue weighted by Gasteiger charge is -2.12. The van der Waals surface area contributed by atoms with E-state index in [9.17, 15) is 13.2 Å². The van der Waals surface area contributed by atoms with E-state index in [2.05, 4.69) is 5.10 Å². The standard InChI is InChI=1S/C19H15F3N2/c20-19(21,22)14-7-4-6-13(12-14)18-16-10-5-11-17(16)23-24(18)15-8-2-1-3-9-15/h1-4,6-9,12H,5,10-11H2. The summed E-state index contributed by atoms with van der Waals surface area (Å²) in [6, 6.07) is 15.0. The lowest BCUT2D eigenvalue weighted by molar-refractivity contribution is -0.137. The van der Waals surface area contributed by atoms with Crippen LogP contribution in [0.1, 0.15) is 23.2 Å². The Kier molecular flexibility index (Phi) is 3.44. The highest BCUT2D eigenvalue weighted by Gasteiger charge is 2.31. The number of alkyl halides is 3. The molecule has 1 aliphatic rings. The van der Waals surface area contributed by atoms with Gasteiger partial charge in [0.05, 0.1) is 22.6 Å². The summed E-state index contributed by atoms with van der Waals surface area (Å²) in [4.78, 5) is 0. The van der Waals surface area contributed by atoms with Gasteiger partial charge in [0.25, 0.3) is 0 Å². The first-order valence-corrected chi connectivity index (χ1v) is 7.88. The molecule has 0 bridgehead atoms. The zero-order valence-corrected chi connectivity index (χ0v) is 12.8. The van der Waals surface area contributed by atoms with Gasteiger partial charge >= 0.3 is 6.18 Å². The van der Waals surface area contributed by atoms with Crippen molar-refractivity contribution in [3.05, 3.63) is 71.4 Å². The molecular weight excluding hydrogens is 313 g/mol. The summed E-state index contributed by atoms with van der Waals surface area (Å²) in [5.74, 6) is 0. The number of hydrogen-bond acceptors (Lipinski definition) is 1. The summed E-state index contributed by atoms with van der Waals surface area (Å²) in [5.41, 5.74) is 3.63. The van der Waals surface area contributed by atoms with Crippen molar-refractivity contribution in [3.8, 4) is 16.9 Å². The molecule has 1 aromatic heterocycles. The van der Waals surface area contributed by atoms with Gasteiger partial charge in [0, 0.05) is 11.1 Å². The SMILES string of the molecule is FC(F)(F)c1cccc(-c2c3c(nn2-c2ccccc2)CCC3)c1. The maximum Gasteiger partial charge on any atom is 0.416 e. The van der Waals surface area contributed by atoms with E-state index < -0.39 is 11.7 Å². The van der Waals surface area contributed by atoms with Gasteiger partial charge in [-0.1, -0.05) is 30.3 Å². The minimum Gasteiger partial charge on any atom is -0.233 e. The highest BCUT2D eigenvalue weighted by Crippen LogP contribution is 2.37. The highest BCUT2D eigenvalue weighted by atomic mass is 19.4. The number of nitrogens with zero attached hydrogens (tertiary/aromatic N) is 2.